The van der Waals surface area contributed by atoms with E-state index in [0.717, 1.165) is 18.6 Å². The summed E-state index contributed by atoms with van der Waals surface area (Å²) in [5.41, 5.74) is 5.98. The van der Waals surface area contributed by atoms with Gasteiger partial charge < -0.3 is 10.2 Å². The standard InChI is InChI=1S/C13H14N2O3/c14-9-3-4-10-7-8-13(18-10)11-5-1-2-6-12(11)15(16)17/h1-2,5-8H,3-4,9,14H2. The number of rotatable bonds is 5. The van der Waals surface area contributed by atoms with E-state index in [-0.39, 0.29) is 5.69 Å². The van der Waals surface area contributed by atoms with Crippen molar-refractivity contribution in [1.29, 1.82) is 0 Å². The third kappa shape index (κ3) is 2.57. The molecule has 1 aromatic carbocycles. The molecule has 5 heteroatoms. The van der Waals surface area contributed by atoms with Crippen LogP contribution in [-0.2, 0) is 6.42 Å². The summed E-state index contributed by atoms with van der Waals surface area (Å²) in [7, 11) is 0. The second-order valence-corrected chi connectivity index (χ2v) is 3.93. The number of furan rings is 1. The quantitative estimate of drug-likeness (QED) is 0.649. The van der Waals surface area contributed by atoms with Crippen molar-refractivity contribution < 1.29 is 9.34 Å². The van der Waals surface area contributed by atoms with Crippen molar-refractivity contribution >= 4 is 5.69 Å². The molecule has 0 atom stereocenters. The van der Waals surface area contributed by atoms with E-state index < -0.39 is 4.92 Å². The molecule has 18 heavy (non-hydrogen) atoms. The minimum absolute atomic E-state index is 0.0530. The maximum absolute atomic E-state index is 10.9. The van der Waals surface area contributed by atoms with Crippen molar-refractivity contribution in [3.05, 3.63) is 52.3 Å². The second kappa shape index (κ2) is 5.46. The zero-order valence-corrected chi connectivity index (χ0v) is 9.83. The molecule has 0 fully saturated rings. The van der Waals surface area contributed by atoms with Crippen LogP contribution in [0.1, 0.15) is 12.2 Å². The summed E-state index contributed by atoms with van der Waals surface area (Å²) < 4.78 is 5.60. The first-order chi connectivity index (χ1) is 8.72. The smallest absolute Gasteiger partial charge is 0.280 e. The predicted octanol–water partition coefficient (Wildman–Crippen LogP) is 2.75. The van der Waals surface area contributed by atoms with E-state index in [1.807, 2.05) is 6.07 Å². The maximum atomic E-state index is 10.9. The van der Waals surface area contributed by atoms with Gasteiger partial charge in [0.25, 0.3) is 5.69 Å². The number of nitrogens with zero attached hydrogens (tertiary/aromatic N) is 1. The van der Waals surface area contributed by atoms with Crippen molar-refractivity contribution in [2.45, 2.75) is 12.8 Å². The summed E-state index contributed by atoms with van der Waals surface area (Å²) in [6, 6.07) is 10.1. The number of nitro groups is 1. The summed E-state index contributed by atoms with van der Waals surface area (Å²) in [5.74, 6) is 1.32. The fraction of sp³-hybridized carbons (Fsp3) is 0.231. The number of nitrogens with two attached hydrogens (primary N) is 1. The first-order valence-corrected chi connectivity index (χ1v) is 5.75. The van der Waals surface area contributed by atoms with Crippen LogP contribution in [0, 0.1) is 10.1 Å². The van der Waals surface area contributed by atoms with Crippen molar-refractivity contribution in [1.82, 2.24) is 0 Å². The molecule has 0 unspecified atom stereocenters. The lowest BCUT2D eigenvalue weighted by molar-refractivity contribution is -0.384. The molecule has 1 heterocycles. The molecular weight excluding hydrogens is 232 g/mol. The molecule has 0 aliphatic carbocycles. The van der Waals surface area contributed by atoms with Gasteiger partial charge in [-0.05, 0) is 31.2 Å². The zero-order valence-electron chi connectivity index (χ0n) is 9.83. The molecule has 0 aliphatic rings. The lowest BCUT2D eigenvalue weighted by Gasteiger charge is -1.99. The van der Waals surface area contributed by atoms with Gasteiger partial charge in [0.2, 0.25) is 0 Å². The van der Waals surface area contributed by atoms with E-state index in [4.69, 9.17) is 10.2 Å². The number of aryl methyl sites for hydroxylation is 1. The molecular formula is C13H14N2O3. The summed E-state index contributed by atoms with van der Waals surface area (Å²) in [5, 5.41) is 10.9. The highest BCUT2D eigenvalue weighted by molar-refractivity contribution is 5.69. The van der Waals surface area contributed by atoms with Gasteiger partial charge in [-0.2, -0.15) is 0 Å². The molecule has 2 aromatic rings. The lowest BCUT2D eigenvalue weighted by Crippen LogP contribution is -1.99. The molecule has 0 saturated carbocycles. The Labute approximate surface area is 104 Å². The summed E-state index contributed by atoms with van der Waals surface area (Å²) in [6.07, 6.45) is 1.58. The van der Waals surface area contributed by atoms with E-state index in [1.165, 1.54) is 6.07 Å². The van der Waals surface area contributed by atoms with Gasteiger partial charge in [0, 0.05) is 12.5 Å². The molecule has 0 amide bonds. The normalized spacial score (nSPS) is 10.5. The van der Waals surface area contributed by atoms with Gasteiger partial charge in [0.15, 0.2) is 0 Å². The van der Waals surface area contributed by atoms with Crippen LogP contribution in [-0.4, -0.2) is 11.5 Å². The third-order valence-electron chi connectivity index (χ3n) is 2.66. The highest BCUT2D eigenvalue weighted by Crippen LogP contribution is 2.30. The average molecular weight is 246 g/mol. The first kappa shape index (κ1) is 12.3. The highest BCUT2D eigenvalue weighted by atomic mass is 16.6. The molecule has 2 N–H and O–H groups in total. The average Bonchev–Trinajstić information content (AvgIpc) is 2.85. The molecule has 0 spiro atoms. The van der Waals surface area contributed by atoms with Gasteiger partial charge in [0.1, 0.15) is 11.5 Å². The van der Waals surface area contributed by atoms with Gasteiger partial charge >= 0.3 is 0 Å². The monoisotopic (exact) mass is 246 g/mol. The van der Waals surface area contributed by atoms with Crippen LogP contribution in [0.3, 0.4) is 0 Å². The summed E-state index contributed by atoms with van der Waals surface area (Å²) in [4.78, 5) is 10.5. The van der Waals surface area contributed by atoms with Crippen molar-refractivity contribution in [2.24, 2.45) is 5.73 Å². The zero-order chi connectivity index (χ0) is 13.0. The van der Waals surface area contributed by atoms with Crippen LogP contribution in [0.25, 0.3) is 11.3 Å². The van der Waals surface area contributed by atoms with E-state index in [0.29, 0.717) is 17.9 Å². The summed E-state index contributed by atoms with van der Waals surface area (Å²) >= 11 is 0. The number of hydrogen-bond acceptors (Lipinski definition) is 4. The molecule has 94 valence electrons. The largest absolute Gasteiger partial charge is 0.461 e. The van der Waals surface area contributed by atoms with Gasteiger partial charge in [-0.3, -0.25) is 10.1 Å². The van der Waals surface area contributed by atoms with E-state index in [2.05, 4.69) is 0 Å². The van der Waals surface area contributed by atoms with Gasteiger partial charge in [-0.25, -0.2) is 0 Å². The molecule has 0 bridgehead atoms. The number of nitro benzene ring substituents is 1. The van der Waals surface area contributed by atoms with Crippen molar-refractivity contribution in [3.63, 3.8) is 0 Å². The molecule has 0 aliphatic heterocycles. The van der Waals surface area contributed by atoms with E-state index in [9.17, 15) is 10.1 Å². The predicted molar refractivity (Wildman–Crippen MR) is 68.2 cm³/mol. The van der Waals surface area contributed by atoms with Crippen molar-refractivity contribution in [2.75, 3.05) is 6.54 Å². The fourth-order valence-corrected chi connectivity index (χ4v) is 1.77. The Bertz CT molecular complexity index is 549. The van der Waals surface area contributed by atoms with Crippen LogP contribution in [0.4, 0.5) is 5.69 Å². The SMILES string of the molecule is NCCCc1ccc(-c2ccccc2[N+](=O)[O-])o1. The van der Waals surface area contributed by atoms with Crippen LogP contribution in [0.2, 0.25) is 0 Å². The Hall–Kier alpha value is -2.14. The molecule has 0 radical (unpaired) electrons. The summed E-state index contributed by atoms with van der Waals surface area (Å²) in [6.45, 7) is 0.599. The second-order valence-electron chi connectivity index (χ2n) is 3.93. The van der Waals surface area contributed by atoms with E-state index in [1.54, 1.807) is 24.3 Å². The lowest BCUT2D eigenvalue weighted by atomic mass is 10.1. The fourth-order valence-electron chi connectivity index (χ4n) is 1.77. The van der Waals surface area contributed by atoms with Crippen LogP contribution < -0.4 is 5.73 Å². The Balaban J connectivity index is 2.31. The van der Waals surface area contributed by atoms with Gasteiger partial charge in [-0.15, -0.1) is 0 Å². The molecule has 0 saturated heterocycles. The van der Waals surface area contributed by atoms with E-state index >= 15 is 0 Å². The van der Waals surface area contributed by atoms with Crippen LogP contribution in [0.5, 0.6) is 0 Å². The topological polar surface area (TPSA) is 82.3 Å². The number of hydrogen-bond donors (Lipinski definition) is 1. The Morgan fingerprint density at radius 1 is 1.22 bits per heavy atom. The first-order valence-electron chi connectivity index (χ1n) is 5.75. The molecule has 2 rings (SSSR count). The minimum atomic E-state index is -0.405. The number of benzene rings is 1. The number of para-hydroxylation sites is 1. The van der Waals surface area contributed by atoms with Gasteiger partial charge in [-0.1, -0.05) is 12.1 Å². The minimum Gasteiger partial charge on any atom is -0.461 e. The highest BCUT2D eigenvalue weighted by Gasteiger charge is 2.16. The maximum Gasteiger partial charge on any atom is 0.280 e. The Morgan fingerprint density at radius 2 is 2.00 bits per heavy atom. The molecule has 5 nitrogen and oxygen atoms in total. The Morgan fingerprint density at radius 3 is 2.72 bits per heavy atom. The van der Waals surface area contributed by atoms with Gasteiger partial charge in [0.05, 0.1) is 10.5 Å². The molecule has 1 aromatic heterocycles. The Kier molecular flexibility index (Phi) is 3.74. The van der Waals surface area contributed by atoms with Crippen molar-refractivity contribution in [3.8, 4) is 11.3 Å². The van der Waals surface area contributed by atoms with Crippen LogP contribution >= 0.6 is 0 Å². The van der Waals surface area contributed by atoms with Crippen LogP contribution in [0.15, 0.2) is 40.8 Å². The third-order valence-corrected chi connectivity index (χ3v) is 2.66.